The van der Waals surface area contributed by atoms with E-state index in [2.05, 4.69) is 11.9 Å². The molecule has 3 heteroatoms. The van der Waals surface area contributed by atoms with Gasteiger partial charge in [0.2, 0.25) is 0 Å². The quantitative estimate of drug-likeness (QED) is 0.569. The van der Waals surface area contributed by atoms with Crippen LogP contribution in [0.25, 0.3) is 0 Å². The number of nitrogens with zero attached hydrogens (tertiary/aromatic N) is 1. The molecule has 3 nitrogen and oxygen atoms in total. The van der Waals surface area contributed by atoms with E-state index in [-0.39, 0.29) is 12.1 Å². The first-order chi connectivity index (χ1) is 6.15. The van der Waals surface area contributed by atoms with Crippen LogP contribution in [0.3, 0.4) is 0 Å². The molecule has 1 aliphatic heterocycles. The number of hydrogen-bond donors (Lipinski definition) is 0. The molecule has 2 rings (SSSR count). The zero-order chi connectivity index (χ0) is 9.42. The van der Waals surface area contributed by atoms with Gasteiger partial charge in [-0.3, -0.25) is 4.79 Å². The van der Waals surface area contributed by atoms with E-state index in [1.807, 2.05) is 0 Å². The van der Waals surface area contributed by atoms with E-state index in [1.54, 1.807) is 0 Å². The normalized spacial score (nSPS) is 39.1. The second kappa shape index (κ2) is 3.29. The number of likely N-dealkylation sites (tertiary alicyclic amines) is 1. The minimum absolute atomic E-state index is 0.131. The van der Waals surface area contributed by atoms with Crippen molar-refractivity contribution in [2.75, 3.05) is 13.6 Å². The van der Waals surface area contributed by atoms with Gasteiger partial charge in [0.05, 0.1) is 0 Å². The SMILES string of the molecule is CC(=O)O[C@H]1C[C@@H]2C[C@H](C1)N(C)C2. The predicted molar refractivity (Wildman–Crippen MR) is 49.3 cm³/mol. The zero-order valence-electron chi connectivity index (χ0n) is 8.32. The molecule has 2 bridgehead atoms. The lowest BCUT2D eigenvalue weighted by molar-refractivity contribution is -0.148. The van der Waals surface area contributed by atoms with E-state index < -0.39 is 0 Å². The third kappa shape index (κ3) is 1.85. The number of ether oxygens (including phenoxy) is 1. The second-order valence-electron chi connectivity index (χ2n) is 4.40. The van der Waals surface area contributed by atoms with Crippen LogP contribution in [0.1, 0.15) is 26.2 Å². The Balaban J connectivity index is 1.93. The van der Waals surface area contributed by atoms with Crippen LogP contribution < -0.4 is 0 Å². The van der Waals surface area contributed by atoms with Crippen LogP contribution >= 0.6 is 0 Å². The first-order valence-electron chi connectivity index (χ1n) is 5.02. The largest absolute Gasteiger partial charge is 0.462 e. The molecule has 0 amide bonds. The Bertz CT molecular complexity index is 215. The number of carbonyl (C=O) groups excluding carboxylic acids is 1. The molecule has 0 aromatic rings. The van der Waals surface area contributed by atoms with Crippen LogP contribution in [0.2, 0.25) is 0 Å². The molecule has 1 saturated heterocycles. The standard InChI is InChI=1S/C10H17NO2/c1-7(12)13-10-4-8-3-9(5-10)11(2)6-8/h8-10H,3-6H2,1-2H3/t8-,9+,10-/m0/s1. The fourth-order valence-corrected chi connectivity index (χ4v) is 2.74. The minimum Gasteiger partial charge on any atom is -0.462 e. The fourth-order valence-electron chi connectivity index (χ4n) is 2.74. The van der Waals surface area contributed by atoms with Crippen molar-refractivity contribution in [3.8, 4) is 0 Å². The first-order valence-corrected chi connectivity index (χ1v) is 5.02. The van der Waals surface area contributed by atoms with Crippen molar-refractivity contribution in [3.63, 3.8) is 0 Å². The zero-order valence-corrected chi connectivity index (χ0v) is 8.32. The highest BCUT2D eigenvalue weighted by atomic mass is 16.5. The molecule has 0 radical (unpaired) electrons. The Hall–Kier alpha value is -0.570. The number of carbonyl (C=O) groups is 1. The van der Waals surface area contributed by atoms with Crippen molar-refractivity contribution in [2.45, 2.75) is 38.3 Å². The van der Waals surface area contributed by atoms with Gasteiger partial charge in [0.15, 0.2) is 0 Å². The Morgan fingerprint density at radius 3 is 2.77 bits per heavy atom. The first kappa shape index (κ1) is 9.00. The maximum atomic E-state index is 10.8. The summed E-state index contributed by atoms with van der Waals surface area (Å²) in [6, 6.07) is 0.656. The van der Waals surface area contributed by atoms with Crippen molar-refractivity contribution in [1.82, 2.24) is 4.90 Å². The summed E-state index contributed by atoms with van der Waals surface area (Å²) in [5.74, 6) is 0.627. The van der Waals surface area contributed by atoms with E-state index in [9.17, 15) is 4.79 Å². The highest BCUT2D eigenvalue weighted by Gasteiger charge is 2.38. The average molecular weight is 183 g/mol. The molecule has 0 spiro atoms. The van der Waals surface area contributed by atoms with Crippen LogP contribution in [0.4, 0.5) is 0 Å². The molecule has 1 aliphatic carbocycles. The molecular formula is C10H17NO2. The second-order valence-corrected chi connectivity index (χ2v) is 4.40. The van der Waals surface area contributed by atoms with Crippen molar-refractivity contribution >= 4 is 5.97 Å². The van der Waals surface area contributed by atoms with E-state index >= 15 is 0 Å². The smallest absolute Gasteiger partial charge is 0.302 e. The van der Waals surface area contributed by atoms with Gasteiger partial charge in [-0.05, 0) is 32.2 Å². The van der Waals surface area contributed by atoms with E-state index in [1.165, 1.54) is 19.9 Å². The van der Waals surface area contributed by atoms with Crippen molar-refractivity contribution in [1.29, 1.82) is 0 Å². The Morgan fingerprint density at radius 1 is 1.38 bits per heavy atom. The van der Waals surface area contributed by atoms with Gasteiger partial charge in [-0.2, -0.15) is 0 Å². The summed E-state index contributed by atoms with van der Waals surface area (Å²) >= 11 is 0. The highest BCUT2D eigenvalue weighted by Crippen LogP contribution is 2.35. The summed E-state index contributed by atoms with van der Waals surface area (Å²) in [4.78, 5) is 13.2. The van der Waals surface area contributed by atoms with Crippen LogP contribution in [0, 0.1) is 5.92 Å². The molecule has 3 atom stereocenters. The summed E-state index contributed by atoms with van der Waals surface area (Å²) in [6.45, 7) is 2.68. The van der Waals surface area contributed by atoms with Crippen LogP contribution in [-0.4, -0.2) is 36.6 Å². The molecule has 2 aliphatic rings. The number of rotatable bonds is 1. The molecule has 13 heavy (non-hydrogen) atoms. The van der Waals surface area contributed by atoms with Gasteiger partial charge in [0, 0.05) is 19.5 Å². The van der Waals surface area contributed by atoms with Crippen molar-refractivity contribution < 1.29 is 9.53 Å². The molecular weight excluding hydrogens is 166 g/mol. The van der Waals surface area contributed by atoms with Crippen LogP contribution in [-0.2, 0) is 9.53 Å². The van der Waals surface area contributed by atoms with Crippen LogP contribution in [0.15, 0.2) is 0 Å². The lowest BCUT2D eigenvalue weighted by atomic mass is 9.88. The van der Waals surface area contributed by atoms with Gasteiger partial charge < -0.3 is 9.64 Å². The summed E-state index contributed by atoms with van der Waals surface area (Å²) < 4.78 is 5.25. The third-order valence-electron chi connectivity index (χ3n) is 3.24. The molecule has 0 aromatic heterocycles. The third-order valence-corrected chi connectivity index (χ3v) is 3.24. The minimum atomic E-state index is -0.131. The van der Waals surface area contributed by atoms with Crippen LogP contribution in [0.5, 0.6) is 0 Å². The predicted octanol–water partition coefficient (Wildman–Crippen LogP) is 1.03. The van der Waals surface area contributed by atoms with Gasteiger partial charge in [-0.15, -0.1) is 0 Å². The maximum Gasteiger partial charge on any atom is 0.302 e. The van der Waals surface area contributed by atoms with E-state index in [4.69, 9.17) is 4.74 Å². The molecule has 2 fully saturated rings. The van der Waals surface area contributed by atoms with E-state index in [0.29, 0.717) is 6.04 Å². The van der Waals surface area contributed by atoms with Gasteiger partial charge in [-0.1, -0.05) is 0 Å². The van der Waals surface area contributed by atoms with Gasteiger partial charge in [-0.25, -0.2) is 0 Å². The Morgan fingerprint density at radius 2 is 2.15 bits per heavy atom. The Kier molecular flexibility index (Phi) is 2.28. The number of fused-ring (bicyclic) bond motifs is 2. The number of esters is 1. The molecule has 0 unspecified atom stereocenters. The van der Waals surface area contributed by atoms with Crippen molar-refractivity contribution in [3.05, 3.63) is 0 Å². The summed E-state index contributed by atoms with van der Waals surface area (Å²) in [5, 5.41) is 0. The molecule has 0 N–H and O–H groups in total. The fraction of sp³-hybridized carbons (Fsp3) is 0.900. The van der Waals surface area contributed by atoms with Crippen molar-refractivity contribution in [2.24, 2.45) is 5.92 Å². The topological polar surface area (TPSA) is 29.5 Å². The molecule has 0 aromatic carbocycles. The molecule has 1 heterocycles. The van der Waals surface area contributed by atoms with Gasteiger partial charge in [0.25, 0.3) is 0 Å². The molecule has 1 saturated carbocycles. The number of hydrogen-bond acceptors (Lipinski definition) is 3. The summed E-state index contributed by atoms with van der Waals surface area (Å²) in [6.07, 6.45) is 3.59. The lowest BCUT2D eigenvalue weighted by Gasteiger charge is -2.27. The highest BCUT2D eigenvalue weighted by molar-refractivity contribution is 5.66. The maximum absolute atomic E-state index is 10.8. The lowest BCUT2D eigenvalue weighted by Crippen LogP contribution is -2.31. The summed E-state index contributed by atoms with van der Waals surface area (Å²) in [5.41, 5.74) is 0. The van der Waals surface area contributed by atoms with Gasteiger partial charge >= 0.3 is 5.97 Å². The monoisotopic (exact) mass is 183 g/mol. The Labute approximate surface area is 79.0 Å². The van der Waals surface area contributed by atoms with Gasteiger partial charge in [0.1, 0.15) is 6.10 Å². The van der Waals surface area contributed by atoms with E-state index in [0.717, 1.165) is 18.8 Å². The molecule has 74 valence electrons. The summed E-state index contributed by atoms with van der Waals surface area (Å²) in [7, 11) is 2.17. The average Bonchev–Trinajstić information content (AvgIpc) is 2.25.